The number of hydrogen-bond donors (Lipinski definition) is 0. The molecule has 0 fully saturated rings. The first-order valence-corrected chi connectivity index (χ1v) is 6.71. The summed E-state index contributed by atoms with van der Waals surface area (Å²) >= 11 is 1.57. The normalized spacial score (nSPS) is 10.5. The van der Waals surface area contributed by atoms with Gasteiger partial charge in [0.1, 0.15) is 0 Å². The minimum Gasteiger partial charge on any atom is -0.192 e. The van der Waals surface area contributed by atoms with Crippen LogP contribution in [0.3, 0.4) is 0 Å². The van der Waals surface area contributed by atoms with Crippen LogP contribution in [-0.4, -0.2) is 4.37 Å². The molecule has 2 heteroatoms. The van der Waals surface area contributed by atoms with Gasteiger partial charge in [0.2, 0.25) is 0 Å². The van der Waals surface area contributed by atoms with Gasteiger partial charge >= 0.3 is 0 Å². The van der Waals surface area contributed by atoms with Gasteiger partial charge in [0.25, 0.3) is 0 Å². The van der Waals surface area contributed by atoms with Gasteiger partial charge in [0, 0.05) is 5.56 Å². The molecular formula is C16H13NS. The summed E-state index contributed by atoms with van der Waals surface area (Å²) in [5.41, 5.74) is 4.79. The van der Waals surface area contributed by atoms with Crippen molar-refractivity contribution in [3.63, 3.8) is 0 Å². The Morgan fingerprint density at radius 1 is 0.778 bits per heavy atom. The average molecular weight is 251 g/mol. The zero-order valence-electron chi connectivity index (χ0n) is 10.1. The second kappa shape index (κ2) is 4.75. The van der Waals surface area contributed by atoms with E-state index in [1.54, 1.807) is 11.5 Å². The molecule has 0 unspecified atom stereocenters. The Bertz CT molecular complexity index is 584. The highest BCUT2D eigenvalue weighted by atomic mass is 32.1. The van der Waals surface area contributed by atoms with E-state index in [0.717, 1.165) is 5.69 Å². The fourth-order valence-electron chi connectivity index (χ4n) is 2.06. The van der Waals surface area contributed by atoms with E-state index in [-0.39, 0.29) is 0 Å². The molecule has 18 heavy (non-hydrogen) atoms. The average Bonchev–Trinajstić information content (AvgIpc) is 2.83. The molecule has 0 saturated heterocycles. The maximum atomic E-state index is 4.60. The fraction of sp³-hybridized carbons (Fsp3) is 0.0625. The first-order chi connectivity index (χ1) is 8.86. The Morgan fingerprint density at radius 2 is 1.33 bits per heavy atom. The third-order valence-electron chi connectivity index (χ3n) is 3.01. The van der Waals surface area contributed by atoms with Gasteiger partial charge in [-0.15, -0.1) is 0 Å². The summed E-state index contributed by atoms with van der Waals surface area (Å²) in [4.78, 5) is 1.26. The second-order valence-corrected chi connectivity index (χ2v) is 4.99. The van der Waals surface area contributed by atoms with Crippen molar-refractivity contribution < 1.29 is 0 Å². The number of hydrogen-bond acceptors (Lipinski definition) is 2. The van der Waals surface area contributed by atoms with Gasteiger partial charge in [-0.3, -0.25) is 0 Å². The van der Waals surface area contributed by atoms with Gasteiger partial charge in [0.05, 0.1) is 10.6 Å². The zero-order valence-corrected chi connectivity index (χ0v) is 10.9. The van der Waals surface area contributed by atoms with Crippen LogP contribution in [0.2, 0.25) is 0 Å². The number of aromatic nitrogens is 1. The van der Waals surface area contributed by atoms with Crippen molar-refractivity contribution in [2.45, 2.75) is 6.92 Å². The molecule has 3 aromatic rings. The van der Waals surface area contributed by atoms with E-state index >= 15 is 0 Å². The standard InChI is InChI=1S/C16H13NS/c1-12-15(13-8-4-2-5-9-13)17-18-16(12)14-10-6-3-7-11-14/h2-11H,1H3. The highest BCUT2D eigenvalue weighted by Crippen LogP contribution is 2.34. The molecule has 1 aromatic heterocycles. The predicted octanol–water partition coefficient (Wildman–Crippen LogP) is 4.79. The van der Waals surface area contributed by atoms with Crippen molar-refractivity contribution in [1.29, 1.82) is 0 Å². The van der Waals surface area contributed by atoms with E-state index in [1.807, 2.05) is 12.1 Å². The number of benzene rings is 2. The minimum atomic E-state index is 1.10. The molecule has 88 valence electrons. The highest BCUT2D eigenvalue weighted by Gasteiger charge is 2.12. The van der Waals surface area contributed by atoms with Gasteiger partial charge in [-0.2, -0.15) is 4.37 Å². The maximum Gasteiger partial charge on any atom is 0.0876 e. The molecule has 0 spiro atoms. The molecule has 0 radical (unpaired) electrons. The molecule has 0 aliphatic carbocycles. The van der Waals surface area contributed by atoms with Crippen LogP contribution in [0, 0.1) is 6.92 Å². The monoisotopic (exact) mass is 251 g/mol. The first-order valence-electron chi connectivity index (χ1n) is 5.93. The van der Waals surface area contributed by atoms with Crippen molar-refractivity contribution in [2.24, 2.45) is 0 Å². The SMILES string of the molecule is Cc1c(-c2ccccc2)nsc1-c1ccccc1. The van der Waals surface area contributed by atoms with Gasteiger partial charge in [-0.05, 0) is 29.6 Å². The quantitative estimate of drug-likeness (QED) is 0.638. The smallest absolute Gasteiger partial charge is 0.0876 e. The third-order valence-corrected chi connectivity index (χ3v) is 4.01. The summed E-state index contributed by atoms with van der Waals surface area (Å²) in [7, 11) is 0. The van der Waals surface area contributed by atoms with Crippen LogP contribution in [0.15, 0.2) is 60.7 Å². The Labute approximate surface area is 111 Å². The zero-order chi connectivity index (χ0) is 12.4. The van der Waals surface area contributed by atoms with E-state index in [4.69, 9.17) is 0 Å². The van der Waals surface area contributed by atoms with Crippen LogP contribution in [0.25, 0.3) is 21.7 Å². The molecule has 0 N–H and O–H groups in total. The van der Waals surface area contributed by atoms with Crippen LogP contribution < -0.4 is 0 Å². The van der Waals surface area contributed by atoms with E-state index in [2.05, 4.69) is 59.8 Å². The molecule has 1 heterocycles. The number of nitrogens with zero attached hydrogens (tertiary/aromatic N) is 1. The van der Waals surface area contributed by atoms with Crippen LogP contribution in [0.1, 0.15) is 5.56 Å². The summed E-state index contributed by atoms with van der Waals surface area (Å²) < 4.78 is 4.60. The van der Waals surface area contributed by atoms with E-state index in [1.165, 1.54) is 21.6 Å². The molecule has 0 aliphatic rings. The number of rotatable bonds is 2. The summed E-state index contributed by atoms with van der Waals surface area (Å²) in [6.45, 7) is 2.15. The molecule has 0 saturated carbocycles. The maximum absolute atomic E-state index is 4.60. The summed E-state index contributed by atoms with van der Waals surface area (Å²) in [5.74, 6) is 0. The molecular weight excluding hydrogens is 238 g/mol. The molecule has 2 aromatic carbocycles. The van der Waals surface area contributed by atoms with Gasteiger partial charge in [0.15, 0.2) is 0 Å². The summed E-state index contributed by atoms with van der Waals surface area (Å²) in [6, 6.07) is 20.8. The van der Waals surface area contributed by atoms with Crippen LogP contribution >= 0.6 is 11.5 Å². The van der Waals surface area contributed by atoms with Crippen molar-refractivity contribution in [3.8, 4) is 21.7 Å². The molecule has 1 nitrogen and oxygen atoms in total. The molecule has 3 rings (SSSR count). The van der Waals surface area contributed by atoms with Crippen LogP contribution in [0.4, 0.5) is 0 Å². The van der Waals surface area contributed by atoms with Crippen LogP contribution in [0.5, 0.6) is 0 Å². The van der Waals surface area contributed by atoms with Gasteiger partial charge in [-0.25, -0.2) is 0 Å². The third kappa shape index (κ3) is 1.95. The van der Waals surface area contributed by atoms with Gasteiger partial charge in [-0.1, -0.05) is 60.7 Å². The lowest BCUT2D eigenvalue weighted by atomic mass is 10.0. The molecule has 0 atom stereocenters. The van der Waals surface area contributed by atoms with Crippen molar-refractivity contribution in [3.05, 3.63) is 66.2 Å². The van der Waals surface area contributed by atoms with Crippen molar-refractivity contribution in [2.75, 3.05) is 0 Å². The van der Waals surface area contributed by atoms with E-state index in [9.17, 15) is 0 Å². The fourth-order valence-corrected chi connectivity index (χ4v) is 2.96. The topological polar surface area (TPSA) is 12.9 Å². The predicted molar refractivity (Wildman–Crippen MR) is 77.7 cm³/mol. The molecule has 0 aliphatic heterocycles. The lowest BCUT2D eigenvalue weighted by Crippen LogP contribution is -1.81. The highest BCUT2D eigenvalue weighted by molar-refractivity contribution is 7.10. The largest absolute Gasteiger partial charge is 0.192 e. The van der Waals surface area contributed by atoms with Gasteiger partial charge < -0.3 is 0 Å². The lowest BCUT2D eigenvalue weighted by molar-refractivity contribution is 1.43. The molecule has 0 amide bonds. The second-order valence-electron chi connectivity index (χ2n) is 4.22. The molecule has 0 bridgehead atoms. The Hall–Kier alpha value is -1.93. The van der Waals surface area contributed by atoms with E-state index in [0.29, 0.717) is 0 Å². The van der Waals surface area contributed by atoms with Crippen molar-refractivity contribution >= 4 is 11.5 Å². The Balaban J connectivity index is 2.09. The van der Waals surface area contributed by atoms with Crippen LogP contribution in [-0.2, 0) is 0 Å². The summed E-state index contributed by atoms with van der Waals surface area (Å²) in [6.07, 6.45) is 0. The lowest BCUT2D eigenvalue weighted by Gasteiger charge is -2.00. The Morgan fingerprint density at radius 3 is 1.94 bits per heavy atom. The van der Waals surface area contributed by atoms with E-state index < -0.39 is 0 Å². The summed E-state index contributed by atoms with van der Waals surface area (Å²) in [5, 5.41) is 0. The van der Waals surface area contributed by atoms with Crippen molar-refractivity contribution in [1.82, 2.24) is 4.37 Å². The first kappa shape index (κ1) is 11.2. The Kier molecular flexibility index (Phi) is 2.95. The minimum absolute atomic E-state index is 1.10.